The third kappa shape index (κ3) is 10.7. The maximum Gasteiger partial charge on any atom is 0.343 e. The van der Waals surface area contributed by atoms with Gasteiger partial charge in [0.1, 0.15) is 11.5 Å². The normalized spacial score (nSPS) is 11.9. The van der Waals surface area contributed by atoms with Crippen LogP contribution in [-0.2, 0) is 34.0 Å². The summed E-state index contributed by atoms with van der Waals surface area (Å²) in [5.74, 6) is -2.61. The van der Waals surface area contributed by atoms with Crippen LogP contribution in [0.5, 0.6) is 11.5 Å². The minimum absolute atomic E-state index is 0.151. The molecule has 0 radical (unpaired) electrons. The third-order valence-electron chi connectivity index (χ3n) is 9.12. The SMILES string of the molecule is C=CC(=O)OCCCCOC(=O)c1ccc(C(=O)Oc2ccc3c(c2)C(C)(C)c2cc(OC(=O)c4ccc(C(=O)OCCCCOC(=O)C=C)cc4)ccc2-3)cc1. The summed E-state index contributed by atoms with van der Waals surface area (Å²) < 4.78 is 31.8. The molecule has 294 valence electrons. The Kier molecular flexibility index (Phi) is 13.9. The number of carbonyl (C=O) groups excluding carboxylic acids is 6. The van der Waals surface area contributed by atoms with Gasteiger partial charge in [-0.3, -0.25) is 0 Å². The molecule has 1 aliphatic carbocycles. The lowest BCUT2D eigenvalue weighted by atomic mass is 9.82. The van der Waals surface area contributed by atoms with E-state index in [2.05, 4.69) is 13.2 Å². The molecule has 0 atom stereocenters. The van der Waals surface area contributed by atoms with Gasteiger partial charge in [-0.15, -0.1) is 0 Å². The van der Waals surface area contributed by atoms with Crippen molar-refractivity contribution in [3.63, 3.8) is 0 Å². The van der Waals surface area contributed by atoms with Crippen LogP contribution in [0.4, 0.5) is 0 Å². The van der Waals surface area contributed by atoms with Gasteiger partial charge in [-0.05, 0) is 121 Å². The van der Waals surface area contributed by atoms with E-state index >= 15 is 0 Å². The maximum absolute atomic E-state index is 13.1. The summed E-state index contributed by atoms with van der Waals surface area (Å²) in [7, 11) is 0. The fraction of sp³-hybridized carbons (Fsp3) is 0.244. The minimum Gasteiger partial charge on any atom is -0.463 e. The Morgan fingerprint density at radius 2 is 0.789 bits per heavy atom. The summed E-state index contributed by atoms with van der Waals surface area (Å²) in [4.78, 5) is 73.1. The Morgan fingerprint density at radius 3 is 1.12 bits per heavy atom. The number of unbranched alkanes of at least 4 members (excludes halogenated alkanes) is 2. The molecular formula is C45H42O12. The largest absolute Gasteiger partial charge is 0.463 e. The average molecular weight is 775 g/mol. The van der Waals surface area contributed by atoms with Crippen molar-refractivity contribution in [2.45, 2.75) is 44.9 Å². The van der Waals surface area contributed by atoms with Crippen LogP contribution in [0.25, 0.3) is 11.1 Å². The van der Waals surface area contributed by atoms with Gasteiger partial charge in [-0.1, -0.05) is 39.1 Å². The van der Waals surface area contributed by atoms with E-state index < -0.39 is 41.2 Å². The molecular weight excluding hydrogens is 732 g/mol. The second-order valence-corrected chi connectivity index (χ2v) is 13.4. The molecule has 12 nitrogen and oxygen atoms in total. The van der Waals surface area contributed by atoms with Crippen LogP contribution in [0.2, 0.25) is 0 Å². The summed E-state index contributed by atoms with van der Waals surface area (Å²) >= 11 is 0. The molecule has 0 aliphatic heterocycles. The number of hydrogen-bond acceptors (Lipinski definition) is 12. The van der Waals surface area contributed by atoms with Crippen LogP contribution in [0.15, 0.2) is 110 Å². The minimum atomic E-state index is -0.600. The number of ether oxygens (including phenoxy) is 6. The van der Waals surface area contributed by atoms with Crippen LogP contribution >= 0.6 is 0 Å². The quantitative estimate of drug-likeness (QED) is 0.0319. The van der Waals surface area contributed by atoms with Crippen molar-refractivity contribution in [1.82, 2.24) is 0 Å². The molecule has 0 amide bonds. The first-order valence-electron chi connectivity index (χ1n) is 18.3. The molecule has 1 aliphatic rings. The zero-order valence-electron chi connectivity index (χ0n) is 31.7. The lowest BCUT2D eigenvalue weighted by Gasteiger charge is -2.22. The fourth-order valence-corrected chi connectivity index (χ4v) is 6.01. The van der Waals surface area contributed by atoms with Gasteiger partial charge in [-0.2, -0.15) is 0 Å². The van der Waals surface area contributed by atoms with E-state index in [0.29, 0.717) is 37.2 Å². The molecule has 0 heterocycles. The highest BCUT2D eigenvalue weighted by atomic mass is 16.6. The second kappa shape index (κ2) is 19.2. The maximum atomic E-state index is 13.1. The van der Waals surface area contributed by atoms with Crippen molar-refractivity contribution in [1.29, 1.82) is 0 Å². The van der Waals surface area contributed by atoms with Gasteiger partial charge < -0.3 is 28.4 Å². The van der Waals surface area contributed by atoms with Crippen LogP contribution in [0.3, 0.4) is 0 Å². The first-order chi connectivity index (χ1) is 27.4. The van der Waals surface area contributed by atoms with E-state index in [1.807, 2.05) is 38.1 Å². The second-order valence-electron chi connectivity index (χ2n) is 13.4. The van der Waals surface area contributed by atoms with Gasteiger partial charge in [0.05, 0.1) is 48.7 Å². The van der Waals surface area contributed by atoms with Crippen molar-refractivity contribution in [3.05, 3.63) is 144 Å². The van der Waals surface area contributed by atoms with Crippen LogP contribution < -0.4 is 9.47 Å². The highest BCUT2D eigenvalue weighted by Gasteiger charge is 2.36. The fourth-order valence-electron chi connectivity index (χ4n) is 6.01. The van der Waals surface area contributed by atoms with Gasteiger partial charge in [0, 0.05) is 17.6 Å². The number of esters is 6. The topological polar surface area (TPSA) is 158 Å². The first-order valence-corrected chi connectivity index (χ1v) is 18.3. The standard InChI is InChI=1S/C45H42O12/c1-5-39(46)52-23-7-9-25-54-41(48)29-11-15-31(16-12-29)43(50)56-33-19-21-35-36-22-20-34(28-38(36)45(3,4)37(35)27-33)57-44(51)32-17-13-30(14-18-32)42(49)55-26-10-8-24-53-40(47)6-2/h5-6,11-22,27-28H,1-2,7-10,23-26H2,3-4H3. The van der Waals surface area contributed by atoms with Crippen LogP contribution in [0, 0.1) is 0 Å². The average Bonchev–Trinajstić information content (AvgIpc) is 3.44. The van der Waals surface area contributed by atoms with Gasteiger partial charge in [0.25, 0.3) is 0 Å². The van der Waals surface area contributed by atoms with E-state index in [4.69, 9.17) is 28.4 Å². The van der Waals surface area contributed by atoms with Crippen molar-refractivity contribution in [2.75, 3.05) is 26.4 Å². The molecule has 4 aromatic carbocycles. The molecule has 12 heteroatoms. The summed E-state index contributed by atoms with van der Waals surface area (Å²) in [6.45, 7) is 11.4. The molecule has 0 spiro atoms. The Labute approximate surface area is 330 Å². The lowest BCUT2D eigenvalue weighted by Crippen LogP contribution is -2.16. The van der Waals surface area contributed by atoms with E-state index in [9.17, 15) is 28.8 Å². The molecule has 0 N–H and O–H groups in total. The predicted octanol–water partition coefficient (Wildman–Crippen LogP) is 7.76. The summed E-state index contributed by atoms with van der Waals surface area (Å²) in [5.41, 5.74) is 4.25. The zero-order valence-corrected chi connectivity index (χ0v) is 31.7. The summed E-state index contributed by atoms with van der Waals surface area (Å²) in [6.07, 6.45) is 4.25. The molecule has 0 unspecified atom stereocenters. The predicted molar refractivity (Wildman–Crippen MR) is 208 cm³/mol. The Balaban J connectivity index is 1.13. The van der Waals surface area contributed by atoms with Crippen molar-refractivity contribution >= 4 is 35.8 Å². The highest BCUT2D eigenvalue weighted by molar-refractivity contribution is 5.95. The monoisotopic (exact) mass is 774 g/mol. The van der Waals surface area contributed by atoms with Crippen molar-refractivity contribution in [2.24, 2.45) is 0 Å². The number of carbonyl (C=O) groups is 6. The zero-order chi connectivity index (χ0) is 41.0. The van der Waals surface area contributed by atoms with Gasteiger partial charge in [-0.25, -0.2) is 28.8 Å². The van der Waals surface area contributed by atoms with E-state index in [1.165, 1.54) is 48.5 Å². The molecule has 0 fully saturated rings. The first kappa shape index (κ1) is 41.3. The number of hydrogen-bond donors (Lipinski definition) is 0. The third-order valence-corrected chi connectivity index (χ3v) is 9.12. The summed E-state index contributed by atoms with van der Waals surface area (Å²) in [5, 5.41) is 0. The molecule has 0 bridgehead atoms. The molecule has 0 aromatic heterocycles. The highest BCUT2D eigenvalue weighted by Crippen LogP contribution is 2.50. The van der Waals surface area contributed by atoms with Gasteiger partial charge >= 0.3 is 35.8 Å². The summed E-state index contributed by atoms with van der Waals surface area (Å²) in [6, 6.07) is 22.7. The molecule has 5 rings (SSSR count). The molecule has 0 saturated carbocycles. The molecule has 0 saturated heterocycles. The van der Waals surface area contributed by atoms with E-state index in [-0.39, 0.29) is 48.7 Å². The number of benzene rings is 4. The van der Waals surface area contributed by atoms with Crippen LogP contribution in [0.1, 0.15) is 92.1 Å². The Hall–Kier alpha value is -6.82. The molecule has 4 aromatic rings. The Morgan fingerprint density at radius 1 is 0.474 bits per heavy atom. The van der Waals surface area contributed by atoms with Crippen molar-refractivity contribution in [3.8, 4) is 22.6 Å². The smallest absolute Gasteiger partial charge is 0.343 e. The number of fused-ring (bicyclic) bond motifs is 3. The Bertz CT molecular complexity index is 2010. The lowest BCUT2D eigenvalue weighted by molar-refractivity contribution is -0.138. The number of rotatable bonds is 18. The van der Waals surface area contributed by atoms with E-state index in [0.717, 1.165) is 34.4 Å². The van der Waals surface area contributed by atoms with Gasteiger partial charge in [0.2, 0.25) is 0 Å². The van der Waals surface area contributed by atoms with Crippen molar-refractivity contribution < 1.29 is 57.2 Å². The van der Waals surface area contributed by atoms with E-state index in [1.54, 1.807) is 12.1 Å². The van der Waals surface area contributed by atoms with Gasteiger partial charge in [0.15, 0.2) is 0 Å². The van der Waals surface area contributed by atoms with Crippen LogP contribution in [-0.4, -0.2) is 62.2 Å². The molecule has 57 heavy (non-hydrogen) atoms.